The zero-order valence-corrected chi connectivity index (χ0v) is 15.2. The predicted octanol–water partition coefficient (Wildman–Crippen LogP) is 2.48. The number of benzene rings is 1. The summed E-state index contributed by atoms with van der Waals surface area (Å²) in [5.41, 5.74) is 1.37. The van der Waals surface area contributed by atoms with E-state index in [1.54, 1.807) is 24.0 Å². The zero-order chi connectivity index (χ0) is 17.9. The highest BCUT2D eigenvalue weighted by molar-refractivity contribution is 7.99. The fourth-order valence-electron chi connectivity index (χ4n) is 3.21. The van der Waals surface area contributed by atoms with Crippen molar-refractivity contribution in [3.05, 3.63) is 48.2 Å². The molecular formula is C19H20N4O2S. The molecule has 0 spiro atoms. The van der Waals surface area contributed by atoms with Gasteiger partial charge in [-0.25, -0.2) is 4.98 Å². The van der Waals surface area contributed by atoms with Gasteiger partial charge in [0.1, 0.15) is 5.82 Å². The number of carbonyl (C=O) groups excluding carboxylic acids is 2. The summed E-state index contributed by atoms with van der Waals surface area (Å²) in [6, 6.07) is 11.5. The third-order valence-corrected chi connectivity index (χ3v) is 5.70. The Bertz CT molecular complexity index is 820. The highest BCUT2D eigenvalue weighted by atomic mass is 32.2. The lowest BCUT2D eigenvalue weighted by atomic mass is 10.1. The molecule has 0 atom stereocenters. The van der Waals surface area contributed by atoms with Crippen LogP contribution in [0, 0.1) is 0 Å². The molecule has 2 aliphatic rings. The van der Waals surface area contributed by atoms with Gasteiger partial charge in [0, 0.05) is 55.0 Å². The number of pyridine rings is 1. The first-order valence-electron chi connectivity index (χ1n) is 8.73. The Morgan fingerprint density at radius 1 is 1.12 bits per heavy atom. The van der Waals surface area contributed by atoms with Crippen LogP contribution in [0.1, 0.15) is 16.8 Å². The summed E-state index contributed by atoms with van der Waals surface area (Å²) in [5, 5.41) is 2.90. The van der Waals surface area contributed by atoms with E-state index in [0.29, 0.717) is 25.1 Å². The van der Waals surface area contributed by atoms with Crippen LogP contribution in [0.25, 0.3) is 0 Å². The Balaban J connectivity index is 1.45. The van der Waals surface area contributed by atoms with Crippen LogP contribution in [0.15, 0.2) is 47.5 Å². The molecule has 1 saturated heterocycles. The fraction of sp³-hybridized carbons (Fsp3) is 0.316. The molecule has 7 heteroatoms. The van der Waals surface area contributed by atoms with Gasteiger partial charge in [0.15, 0.2) is 0 Å². The first-order valence-corrected chi connectivity index (χ1v) is 9.71. The number of nitrogens with zero attached hydrogens (tertiary/aromatic N) is 3. The van der Waals surface area contributed by atoms with Crippen molar-refractivity contribution >= 4 is 35.1 Å². The standard InChI is InChI=1S/C19H20N4O2S/c24-18-6-12-26-16-5-4-14(13-15(16)21-18)19(25)23-10-8-22(9-11-23)17-3-1-2-7-20-17/h1-5,7,13H,6,8-12H2,(H,21,24). The maximum atomic E-state index is 12.9. The predicted molar refractivity (Wildman–Crippen MR) is 103 cm³/mol. The van der Waals surface area contributed by atoms with Crippen LogP contribution in [-0.2, 0) is 4.79 Å². The second kappa shape index (κ2) is 7.37. The average molecular weight is 368 g/mol. The summed E-state index contributed by atoms with van der Waals surface area (Å²) in [7, 11) is 0. The number of anilines is 2. The van der Waals surface area contributed by atoms with E-state index in [2.05, 4.69) is 15.2 Å². The Kier molecular flexibility index (Phi) is 4.79. The maximum absolute atomic E-state index is 12.9. The number of amides is 2. The Morgan fingerprint density at radius 3 is 2.73 bits per heavy atom. The van der Waals surface area contributed by atoms with E-state index in [1.807, 2.05) is 35.2 Å². The van der Waals surface area contributed by atoms with Gasteiger partial charge in [0.2, 0.25) is 5.91 Å². The molecule has 26 heavy (non-hydrogen) atoms. The molecule has 1 aromatic carbocycles. The van der Waals surface area contributed by atoms with E-state index in [-0.39, 0.29) is 11.8 Å². The summed E-state index contributed by atoms with van der Waals surface area (Å²) in [6.07, 6.45) is 2.28. The number of hydrogen-bond acceptors (Lipinski definition) is 5. The molecule has 1 N–H and O–H groups in total. The highest BCUT2D eigenvalue weighted by Gasteiger charge is 2.24. The third kappa shape index (κ3) is 3.53. The van der Waals surface area contributed by atoms with Crippen LogP contribution >= 0.6 is 11.8 Å². The number of thioether (sulfide) groups is 1. The van der Waals surface area contributed by atoms with E-state index in [0.717, 1.165) is 35.2 Å². The summed E-state index contributed by atoms with van der Waals surface area (Å²) in [4.78, 5) is 34.1. The van der Waals surface area contributed by atoms with Crippen LogP contribution in [0.3, 0.4) is 0 Å². The van der Waals surface area contributed by atoms with Gasteiger partial charge in [-0.2, -0.15) is 0 Å². The minimum absolute atomic E-state index is 0.00447. The SMILES string of the molecule is O=C1CCSc2ccc(C(=O)N3CCN(c4ccccn4)CC3)cc2N1. The van der Waals surface area contributed by atoms with E-state index in [9.17, 15) is 9.59 Å². The molecule has 0 bridgehead atoms. The first-order chi connectivity index (χ1) is 12.7. The van der Waals surface area contributed by atoms with Crippen molar-refractivity contribution < 1.29 is 9.59 Å². The molecule has 4 rings (SSSR count). The van der Waals surface area contributed by atoms with Gasteiger partial charge in [-0.3, -0.25) is 9.59 Å². The van der Waals surface area contributed by atoms with Crippen molar-refractivity contribution in [2.45, 2.75) is 11.3 Å². The van der Waals surface area contributed by atoms with Crippen LogP contribution in [0.2, 0.25) is 0 Å². The molecule has 0 radical (unpaired) electrons. The molecule has 1 fully saturated rings. The Morgan fingerprint density at radius 2 is 1.96 bits per heavy atom. The zero-order valence-electron chi connectivity index (χ0n) is 14.4. The monoisotopic (exact) mass is 368 g/mol. The lowest BCUT2D eigenvalue weighted by molar-refractivity contribution is -0.115. The number of carbonyl (C=O) groups is 2. The minimum atomic E-state index is 0.00447. The molecule has 0 unspecified atom stereocenters. The topological polar surface area (TPSA) is 65.5 Å². The van der Waals surface area contributed by atoms with Gasteiger partial charge in [-0.05, 0) is 30.3 Å². The number of fused-ring (bicyclic) bond motifs is 1. The molecule has 134 valence electrons. The molecule has 2 aromatic rings. The van der Waals surface area contributed by atoms with Gasteiger partial charge < -0.3 is 15.1 Å². The van der Waals surface area contributed by atoms with Crippen LogP contribution < -0.4 is 10.2 Å². The lowest BCUT2D eigenvalue weighted by Crippen LogP contribution is -2.49. The molecule has 2 aliphatic heterocycles. The highest BCUT2D eigenvalue weighted by Crippen LogP contribution is 2.31. The van der Waals surface area contributed by atoms with Gasteiger partial charge >= 0.3 is 0 Å². The number of hydrogen-bond donors (Lipinski definition) is 1. The van der Waals surface area contributed by atoms with Crippen molar-refractivity contribution in [2.24, 2.45) is 0 Å². The quantitative estimate of drug-likeness (QED) is 0.882. The van der Waals surface area contributed by atoms with E-state index in [1.165, 1.54) is 0 Å². The van der Waals surface area contributed by atoms with Crippen LogP contribution in [0.4, 0.5) is 11.5 Å². The molecule has 3 heterocycles. The third-order valence-electron chi connectivity index (χ3n) is 4.63. The average Bonchev–Trinajstić information content (AvgIpc) is 2.88. The molecular weight excluding hydrogens is 348 g/mol. The lowest BCUT2D eigenvalue weighted by Gasteiger charge is -2.35. The van der Waals surface area contributed by atoms with E-state index >= 15 is 0 Å². The van der Waals surface area contributed by atoms with Gasteiger partial charge in [0.05, 0.1) is 5.69 Å². The van der Waals surface area contributed by atoms with Crippen molar-refractivity contribution in [3.8, 4) is 0 Å². The van der Waals surface area contributed by atoms with Crippen molar-refractivity contribution in [1.82, 2.24) is 9.88 Å². The number of rotatable bonds is 2. The molecule has 2 amide bonds. The van der Waals surface area contributed by atoms with E-state index < -0.39 is 0 Å². The van der Waals surface area contributed by atoms with Gasteiger partial charge in [-0.15, -0.1) is 11.8 Å². The summed E-state index contributed by atoms with van der Waals surface area (Å²) < 4.78 is 0. The molecule has 1 aromatic heterocycles. The van der Waals surface area contributed by atoms with Crippen LogP contribution in [-0.4, -0.2) is 53.6 Å². The maximum Gasteiger partial charge on any atom is 0.254 e. The minimum Gasteiger partial charge on any atom is -0.353 e. The largest absolute Gasteiger partial charge is 0.353 e. The van der Waals surface area contributed by atoms with Gasteiger partial charge in [-0.1, -0.05) is 6.07 Å². The second-order valence-corrected chi connectivity index (χ2v) is 7.46. The summed E-state index contributed by atoms with van der Waals surface area (Å²) >= 11 is 1.65. The summed E-state index contributed by atoms with van der Waals surface area (Å²) in [6.45, 7) is 2.85. The Labute approximate surface area is 156 Å². The van der Waals surface area contributed by atoms with Gasteiger partial charge in [0.25, 0.3) is 5.91 Å². The van der Waals surface area contributed by atoms with Crippen molar-refractivity contribution in [1.29, 1.82) is 0 Å². The molecule has 6 nitrogen and oxygen atoms in total. The van der Waals surface area contributed by atoms with Crippen LogP contribution in [0.5, 0.6) is 0 Å². The van der Waals surface area contributed by atoms with E-state index in [4.69, 9.17) is 0 Å². The first kappa shape index (κ1) is 16.9. The van der Waals surface area contributed by atoms with Crippen molar-refractivity contribution in [2.75, 3.05) is 42.1 Å². The normalized spacial score (nSPS) is 17.3. The number of nitrogens with one attached hydrogen (secondary N) is 1. The van der Waals surface area contributed by atoms with Crippen molar-refractivity contribution in [3.63, 3.8) is 0 Å². The number of aromatic nitrogens is 1. The second-order valence-electron chi connectivity index (χ2n) is 6.32. The molecule has 0 aliphatic carbocycles. The summed E-state index contributed by atoms with van der Waals surface area (Å²) in [5.74, 6) is 1.73. The smallest absolute Gasteiger partial charge is 0.254 e. The number of piperazine rings is 1. The fourth-order valence-corrected chi connectivity index (χ4v) is 4.15. The Hall–Kier alpha value is -2.54. The molecule has 0 saturated carbocycles.